The minimum atomic E-state index is -0.179. The second-order valence-electron chi connectivity index (χ2n) is 8.06. The quantitative estimate of drug-likeness (QED) is 0.261. The molecule has 32 heavy (non-hydrogen) atoms. The van der Waals surface area contributed by atoms with Gasteiger partial charge in [-0.05, 0) is 56.5 Å². The number of likely N-dealkylation sites (tertiary alicyclic amines) is 1. The molecule has 172 valence electrons. The molecule has 0 aromatic heterocycles. The fourth-order valence-electron chi connectivity index (χ4n) is 3.91. The Bertz CT molecular complexity index is 872. The van der Waals surface area contributed by atoms with Crippen molar-refractivity contribution in [1.29, 1.82) is 0 Å². The molecule has 7 heteroatoms. The van der Waals surface area contributed by atoms with Crippen molar-refractivity contribution in [1.82, 2.24) is 20.9 Å². The van der Waals surface area contributed by atoms with E-state index in [1.807, 2.05) is 0 Å². The molecule has 3 rings (SSSR count). The van der Waals surface area contributed by atoms with E-state index in [2.05, 4.69) is 58.1 Å². The lowest BCUT2D eigenvalue weighted by atomic mass is 10.2. The van der Waals surface area contributed by atoms with Gasteiger partial charge < -0.3 is 21.1 Å². The standard InChI is InChI=1S/C25H35N5O2/c1-2-26-25(28-15-8-14-27-24(32)21-11-6-13-23(31)17-21)29-18-22-12-7-16-30(22)19-20-9-4-3-5-10-20/h3-6,9-11,13,17,22,31H,2,7-8,12,14-16,18-19H2,1H3,(H,27,32)(H2,26,28,29). The highest BCUT2D eigenvalue weighted by Gasteiger charge is 2.24. The van der Waals surface area contributed by atoms with Gasteiger partial charge in [0.05, 0.1) is 6.54 Å². The van der Waals surface area contributed by atoms with Gasteiger partial charge in [0.15, 0.2) is 5.96 Å². The zero-order chi connectivity index (χ0) is 22.6. The topological polar surface area (TPSA) is 89.0 Å². The molecular formula is C25H35N5O2. The molecular weight excluding hydrogens is 402 g/mol. The van der Waals surface area contributed by atoms with Crippen LogP contribution in [-0.4, -0.2) is 60.6 Å². The molecule has 1 atom stereocenters. The number of phenolic OH excluding ortho intramolecular Hbond substituents is 1. The maximum absolute atomic E-state index is 12.1. The number of rotatable bonds is 10. The Kier molecular flexibility index (Phi) is 9.37. The predicted octanol–water partition coefficient (Wildman–Crippen LogP) is 2.73. The molecule has 4 N–H and O–H groups in total. The average Bonchev–Trinajstić information content (AvgIpc) is 3.24. The Morgan fingerprint density at radius 3 is 2.69 bits per heavy atom. The van der Waals surface area contributed by atoms with Crippen molar-refractivity contribution in [3.05, 3.63) is 65.7 Å². The minimum Gasteiger partial charge on any atom is -0.508 e. The van der Waals surface area contributed by atoms with E-state index in [1.165, 1.54) is 24.5 Å². The number of hydrogen-bond donors (Lipinski definition) is 4. The van der Waals surface area contributed by atoms with Gasteiger partial charge in [0, 0.05) is 37.8 Å². The van der Waals surface area contributed by atoms with Crippen molar-refractivity contribution in [3.8, 4) is 5.75 Å². The van der Waals surface area contributed by atoms with Gasteiger partial charge in [0.25, 0.3) is 5.91 Å². The number of aromatic hydroxyl groups is 1. The highest BCUT2D eigenvalue weighted by molar-refractivity contribution is 5.94. The summed E-state index contributed by atoms with van der Waals surface area (Å²) in [5, 5.41) is 19.0. The molecule has 1 unspecified atom stereocenters. The molecule has 1 amide bonds. The summed E-state index contributed by atoms with van der Waals surface area (Å²) in [7, 11) is 0. The van der Waals surface area contributed by atoms with E-state index in [1.54, 1.807) is 18.2 Å². The predicted molar refractivity (Wildman–Crippen MR) is 129 cm³/mol. The number of carbonyl (C=O) groups excluding carboxylic acids is 1. The number of hydrogen-bond acceptors (Lipinski definition) is 4. The zero-order valence-electron chi connectivity index (χ0n) is 18.9. The van der Waals surface area contributed by atoms with Crippen molar-refractivity contribution < 1.29 is 9.90 Å². The van der Waals surface area contributed by atoms with Gasteiger partial charge in [-0.3, -0.25) is 14.7 Å². The number of carbonyl (C=O) groups is 1. The Hall–Kier alpha value is -3.06. The number of aliphatic imine (C=N–C) groups is 1. The molecule has 2 aromatic rings. The highest BCUT2D eigenvalue weighted by atomic mass is 16.3. The first-order valence-electron chi connectivity index (χ1n) is 11.5. The lowest BCUT2D eigenvalue weighted by Crippen LogP contribution is -2.40. The molecule has 0 spiro atoms. The number of phenols is 1. The maximum Gasteiger partial charge on any atom is 0.251 e. The largest absolute Gasteiger partial charge is 0.508 e. The molecule has 0 radical (unpaired) electrons. The van der Waals surface area contributed by atoms with Crippen LogP contribution < -0.4 is 16.0 Å². The van der Waals surface area contributed by atoms with Gasteiger partial charge in [-0.15, -0.1) is 0 Å². The van der Waals surface area contributed by atoms with E-state index >= 15 is 0 Å². The van der Waals surface area contributed by atoms with Gasteiger partial charge in [0.1, 0.15) is 5.75 Å². The number of nitrogens with zero attached hydrogens (tertiary/aromatic N) is 2. The lowest BCUT2D eigenvalue weighted by Gasteiger charge is -2.23. The number of nitrogens with one attached hydrogen (secondary N) is 3. The van der Waals surface area contributed by atoms with E-state index in [9.17, 15) is 9.90 Å². The summed E-state index contributed by atoms with van der Waals surface area (Å²) in [5.74, 6) is 0.731. The van der Waals surface area contributed by atoms with E-state index in [-0.39, 0.29) is 11.7 Å². The number of guanidine groups is 1. The third-order valence-corrected chi connectivity index (χ3v) is 5.57. The van der Waals surface area contributed by atoms with Crippen LogP contribution in [0.3, 0.4) is 0 Å². The van der Waals surface area contributed by atoms with Crippen LogP contribution in [0, 0.1) is 0 Å². The Labute approximate surface area is 190 Å². The molecule has 0 aliphatic carbocycles. The van der Waals surface area contributed by atoms with Crippen LogP contribution in [0.5, 0.6) is 5.75 Å². The molecule has 1 saturated heterocycles. The van der Waals surface area contributed by atoms with Gasteiger partial charge in [-0.25, -0.2) is 0 Å². The normalized spacial score (nSPS) is 16.7. The summed E-state index contributed by atoms with van der Waals surface area (Å²) in [6.07, 6.45) is 3.17. The molecule has 2 aromatic carbocycles. The number of amides is 1. The van der Waals surface area contributed by atoms with Crippen LogP contribution in [0.25, 0.3) is 0 Å². The fraction of sp³-hybridized carbons (Fsp3) is 0.440. The van der Waals surface area contributed by atoms with Gasteiger partial charge in [-0.2, -0.15) is 0 Å². The minimum absolute atomic E-state index is 0.0930. The van der Waals surface area contributed by atoms with Crippen molar-refractivity contribution >= 4 is 11.9 Å². The Balaban J connectivity index is 1.41. The molecule has 0 bridgehead atoms. The smallest absolute Gasteiger partial charge is 0.251 e. The summed E-state index contributed by atoms with van der Waals surface area (Å²) in [6.45, 7) is 7.00. The van der Waals surface area contributed by atoms with Gasteiger partial charge in [-0.1, -0.05) is 36.4 Å². The summed E-state index contributed by atoms with van der Waals surface area (Å²) in [6, 6.07) is 17.4. The third-order valence-electron chi connectivity index (χ3n) is 5.57. The average molecular weight is 438 g/mol. The first kappa shape index (κ1) is 23.6. The van der Waals surface area contributed by atoms with Gasteiger partial charge >= 0.3 is 0 Å². The maximum atomic E-state index is 12.1. The van der Waals surface area contributed by atoms with Gasteiger partial charge in [0.2, 0.25) is 0 Å². The first-order chi connectivity index (χ1) is 15.7. The molecule has 0 saturated carbocycles. The Morgan fingerprint density at radius 1 is 1.09 bits per heavy atom. The second-order valence-corrected chi connectivity index (χ2v) is 8.06. The van der Waals surface area contributed by atoms with E-state index < -0.39 is 0 Å². The second kappa shape index (κ2) is 12.7. The molecule has 1 fully saturated rings. The summed E-state index contributed by atoms with van der Waals surface area (Å²) in [5.41, 5.74) is 1.81. The van der Waals surface area contributed by atoms with E-state index in [0.29, 0.717) is 24.7 Å². The van der Waals surface area contributed by atoms with Crippen molar-refractivity contribution in [2.45, 2.75) is 38.8 Å². The lowest BCUT2D eigenvalue weighted by molar-refractivity contribution is 0.0953. The SMILES string of the molecule is CCNC(=NCC1CCCN1Cc1ccccc1)NCCCNC(=O)c1cccc(O)c1. The molecule has 1 heterocycles. The summed E-state index contributed by atoms with van der Waals surface area (Å²) >= 11 is 0. The van der Waals surface area contributed by atoms with Crippen LogP contribution in [0.4, 0.5) is 0 Å². The molecule has 7 nitrogen and oxygen atoms in total. The van der Waals surface area contributed by atoms with Crippen molar-refractivity contribution in [2.24, 2.45) is 4.99 Å². The van der Waals surface area contributed by atoms with Crippen LogP contribution in [0.2, 0.25) is 0 Å². The molecule has 1 aliphatic rings. The monoisotopic (exact) mass is 437 g/mol. The van der Waals surface area contributed by atoms with Crippen LogP contribution >= 0.6 is 0 Å². The summed E-state index contributed by atoms with van der Waals surface area (Å²) < 4.78 is 0. The van der Waals surface area contributed by atoms with Crippen molar-refractivity contribution in [3.63, 3.8) is 0 Å². The number of benzene rings is 2. The summed E-state index contributed by atoms with van der Waals surface area (Å²) in [4.78, 5) is 19.5. The molecule has 1 aliphatic heterocycles. The fourth-order valence-corrected chi connectivity index (χ4v) is 3.91. The third kappa shape index (κ3) is 7.57. The van der Waals surface area contributed by atoms with E-state index in [0.717, 1.165) is 38.6 Å². The first-order valence-corrected chi connectivity index (χ1v) is 11.5. The van der Waals surface area contributed by atoms with E-state index in [4.69, 9.17) is 4.99 Å². The van der Waals surface area contributed by atoms with Crippen molar-refractivity contribution in [2.75, 3.05) is 32.7 Å². The highest BCUT2D eigenvalue weighted by Crippen LogP contribution is 2.20. The van der Waals surface area contributed by atoms with Crippen LogP contribution in [0.1, 0.15) is 42.1 Å². The zero-order valence-corrected chi connectivity index (χ0v) is 18.9. The van der Waals surface area contributed by atoms with Crippen LogP contribution in [0.15, 0.2) is 59.6 Å². The Morgan fingerprint density at radius 2 is 1.91 bits per heavy atom. The van der Waals surface area contributed by atoms with Crippen LogP contribution in [-0.2, 0) is 6.54 Å².